The molecule has 2 heterocycles. The molecular formula is C12H10O3S. The maximum atomic E-state index is 11.9. The Hall–Kier alpha value is -1.68. The zero-order chi connectivity index (χ0) is 11.5. The Balaban J connectivity index is 2.17. The van der Waals surface area contributed by atoms with Crippen LogP contribution in [0.1, 0.15) is 27.2 Å². The third-order valence-electron chi connectivity index (χ3n) is 2.31. The number of hydrogen-bond acceptors (Lipinski definition) is 4. The fraction of sp³-hybridized carbons (Fsp3) is 0.167. The van der Waals surface area contributed by atoms with Crippen molar-refractivity contribution in [3.8, 4) is 0 Å². The maximum Gasteiger partial charge on any atom is 0.208 e. The summed E-state index contributed by atoms with van der Waals surface area (Å²) in [5.41, 5.74) is 0. The average Bonchev–Trinajstić information content (AvgIpc) is 2.97. The fourth-order valence-electron chi connectivity index (χ4n) is 1.38. The summed E-state index contributed by atoms with van der Waals surface area (Å²) in [6, 6.07) is 6.72. The van der Waals surface area contributed by atoms with Gasteiger partial charge in [0, 0.05) is 0 Å². The van der Waals surface area contributed by atoms with E-state index in [0.717, 1.165) is 0 Å². The van der Waals surface area contributed by atoms with Gasteiger partial charge >= 0.3 is 0 Å². The number of hydrogen-bond donors (Lipinski definition) is 0. The molecule has 0 fully saturated rings. The number of rotatable bonds is 4. The van der Waals surface area contributed by atoms with Crippen LogP contribution in [0.3, 0.4) is 0 Å². The van der Waals surface area contributed by atoms with E-state index in [1.54, 1.807) is 31.2 Å². The van der Waals surface area contributed by atoms with Crippen molar-refractivity contribution in [2.45, 2.75) is 6.92 Å². The Bertz CT molecular complexity index is 436. The predicted octanol–water partition coefficient (Wildman–Crippen LogP) is 3.04. The Morgan fingerprint density at radius 1 is 1.25 bits per heavy atom. The lowest BCUT2D eigenvalue weighted by atomic mass is 9.98. The number of ketones is 2. The van der Waals surface area contributed by atoms with E-state index in [2.05, 4.69) is 0 Å². The standard InChI is InChI=1S/C12H10O3S/c1-8(11(13)9-4-2-6-15-9)12(14)10-5-3-7-16-10/h2-8H,1H3. The molecule has 0 amide bonds. The van der Waals surface area contributed by atoms with Crippen LogP contribution in [0.25, 0.3) is 0 Å². The van der Waals surface area contributed by atoms with Crippen LogP contribution in [0.5, 0.6) is 0 Å². The zero-order valence-corrected chi connectivity index (χ0v) is 9.49. The lowest BCUT2D eigenvalue weighted by molar-refractivity contribution is 0.0806. The van der Waals surface area contributed by atoms with E-state index in [1.807, 2.05) is 5.38 Å². The van der Waals surface area contributed by atoms with Gasteiger partial charge < -0.3 is 4.42 Å². The van der Waals surface area contributed by atoms with Gasteiger partial charge in [0.1, 0.15) is 0 Å². The van der Waals surface area contributed by atoms with Gasteiger partial charge in [-0.25, -0.2) is 0 Å². The first-order valence-corrected chi connectivity index (χ1v) is 5.73. The Kier molecular flexibility index (Phi) is 3.01. The average molecular weight is 234 g/mol. The van der Waals surface area contributed by atoms with E-state index < -0.39 is 5.92 Å². The molecule has 0 aromatic carbocycles. The molecular weight excluding hydrogens is 224 g/mol. The summed E-state index contributed by atoms with van der Waals surface area (Å²) in [7, 11) is 0. The molecule has 0 spiro atoms. The minimum absolute atomic E-state index is 0.156. The molecule has 1 unspecified atom stereocenters. The van der Waals surface area contributed by atoms with Crippen molar-refractivity contribution < 1.29 is 14.0 Å². The molecule has 0 bridgehead atoms. The Labute approximate surface area is 96.7 Å². The Morgan fingerprint density at radius 3 is 2.62 bits per heavy atom. The molecule has 0 radical (unpaired) electrons. The highest BCUT2D eigenvalue weighted by atomic mass is 32.1. The van der Waals surface area contributed by atoms with Gasteiger partial charge in [0.05, 0.1) is 17.1 Å². The molecule has 2 aromatic heterocycles. The highest BCUT2D eigenvalue weighted by Gasteiger charge is 2.26. The van der Waals surface area contributed by atoms with Crippen LogP contribution >= 0.6 is 11.3 Å². The molecule has 1 atom stereocenters. The molecule has 82 valence electrons. The number of Topliss-reactive ketones (excluding diaryl/α,β-unsaturated/α-hetero) is 2. The maximum absolute atomic E-state index is 11.9. The van der Waals surface area contributed by atoms with Crippen LogP contribution in [0, 0.1) is 5.92 Å². The van der Waals surface area contributed by atoms with Crippen LogP contribution in [-0.2, 0) is 0 Å². The number of thiophene rings is 1. The third-order valence-corrected chi connectivity index (χ3v) is 3.20. The monoisotopic (exact) mass is 234 g/mol. The topological polar surface area (TPSA) is 47.3 Å². The van der Waals surface area contributed by atoms with Crippen LogP contribution in [0.4, 0.5) is 0 Å². The van der Waals surface area contributed by atoms with Gasteiger partial charge in [0.15, 0.2) is 11.5 Å². The van der Waals surface area contributed by atoms with Crippen molar-refractivity contribution in [3.63, 3.8) is 0 Å². The largest absolute Gasteiger partial charge is 0.461 e. The van der Waals surface area contributed by atoms with E-state index in [4.69, 9.17) is 4.42 Å². The molecule has 0 saturated carbocycles. The van der Waals surface area contributed by atoms with E-state index in [-0.39, 0.29) is 17.3 Å². The quantitative estimate of drug-likeness (QED) is 0.603. The number of furan rings is 1. The Morgan fingerprint density at radius 2 is 2.06 bits per heavy atom. The summed E-state index contributed by atoms with van der Waals surface area (Å²) in [5, 5.41) is 1.82. The lowest BCUT2D eigenvalue weighted by Gasteiger charge is -2.05. The van der Waals surface area contributed by atoms with Gasteiger partial charge in [-0.05, 0) is 30.5 Å². The molecule has 0 N–H and O–H groups in total. The second-order valence-electron chi connectivity index (χ2n) is 3.40. The normalized spacial score (nSPS) is 12.3. The molecule has 2 aromatic rings. The van der Waals surface area contributed by atoms with Gasteiger partial charge in [-0.2, -0.15) is 0 Å². The van der Waals surface area contributed by atoms with Crippen molar-refractivity contribution >= 4 is 22.9 Å². The molecule has 0 aliphatic rings. The molecule has 4 heteroatoms. The minimum atomic E-state index is -0.690. The third kappa shape index (κ3) is 1.97. The van der Waals surface area contributed by atoms with Crippen molar-refractivity contribution in [1.82, 2.24) is 0 Å². The summed E-state index contributed by atoms with van der Waals surface area (Å²) in [6.07, 6.45) is 1.43. The molecule has 0 aliphatic carbocycles. The van der Waals surface area contributed by atoms with Crippen molar-refractivity contribution in [1.29, 1.82) is 0 Å². The summed E-state index contributed by atoms with van der Waals surface area (Å²) in [4.78, 5) is 24.3. The second-order valence-corrected chi connectivity index (χ2v) is 4.35. The summed E-state index contributed by atoms with van der Waals surface area (Å²) >= 11 is 1.34. The first kappa shape index (κ1) is 10.8. The van der Waals surface area contributed by atoms with E-state index in [1.165, 1.54) is 17.6 Å². The summed E-state index contributed by atoms with van der Waals surface area (Å²) in [5.74, 6) is -0.887. The second kappa shape index (κ2) is 4.45. The highest BCUT2D eigenvalue weighted by Crippen LogP contribution is 2.18. The van der Waals surface area contributed by atoms with Crippen LogP contribution in [-0.4, -0.2) is 11.6 Å². The first-order valence-electron chi connectivity index (χ1n) is 4.85. The van der Waals surface area contributed by atoms with E-state index >= 15 is 0 Å². The molecule has 3 nitrogen and oxygen atoms in total. The van der Waals surface area contributed by atoms with Gasteiger partial charge in [0.2, 0.25) is 5.78 Å². The zero-order valence-electron chi connectivity index (χ0n) is 8.67. The van der Waals surface area contributed by atoms with Gasteiger partial charge in [-0.3, -0.25) is 9.59 Å². The number of carbonyl (C=O) groups is 2. The van der Waals surface area contributed by atoms with Crippen molar-refractivity contribution in [2.24, 2.45) is 5.92 Å². The lowest BCUT2D eigenvalue weighted by Crippen LogP contribution is -2.20. The van der Waals surface area contributed by atoms with Gasteiger partial charge in [0.25, 0.3) is 0 Å². The number of carbonyl (C=O) groups excluding carboxylic acids is 2. The summed E-state index contributed by atoms with van der Waals surface area (Å²) < 4.78 is 4.99. The first-order chi connectivity index (χ1) is 7.70. The predicted molar refractivity (Wildman–Crippen MR) is 60.9 cm³/mol. The van der Waals surface area contributed by atoms with Crippen molar-refractivity contribution in [3.05, 3.63) is 46.5 Å². The highest BCUT2D eigenvalue weighted by molar-refractivity contribution is 7.12. The van der Waals surface area contributed by atoms with Gasteiger partial charge in [-0.15, -0.1) is 11.3 Å². The SMILES string of the molecule is CC(C(=O)c1ccco1)C(=O)c1cccs1. The molecule has 2 rings (SSSR count). The van der Waals surface area contributed by atoms with Gasteiger partial charge in [-0.1, -0.05) is 6.07 Å². The van der Waals surface area contributed by atoms with E-state index in [0.29, 0.717) is 4.88 Å². The van der Waals surface area contributed by atoms with Crippen LogP contribution in [0.15, 0.2) is 40.3 Å². The van der Waals surface area contributed by atoms with Crippen LogP contribution in [0.2, 0.25) is 0 Å². The molecule has 0 aliphatic heterocycles. The van der Waals surface area contributed by atoms with E-state index in [9.17, 15) is 9.59 Å². The summed E-state index contributed by atoms with van der Waals surface area (Å²) in [6.45, 7) is 1.60. The minimum Gasteiger partial charge on any atom is -0.461 e. The molecule has 0 saturated heterocycles. The fourth-order valence-corrected chi connectivity index (χ4v) is 2.14. The van der Waals surface area contributed by atoms with Crippen molar-refractivity contribution in [2.75, 3.05) is 0 Å². The molecule has 16 heavy (non-hydrogen) atoms. The smallest absolute Gasteiger partial charge is 0.208 e. The van der Waals surface area contributed by atoms with Crippen LogP contribution < -0.4 is 0 Å².